The molecule has 282 valence electrons. The number of unbranched alkanes of at least 4 members (excludes halogenated alkanes) is 1. The second-order valence-electron chi connectivity index (χ2n) is 13.1. The molecule has 1 fully saturated rings. The van der Waals surface area contributed by atoms with Crippen LogP contribution in [0.15, 0.2) is 88.4 Å². The maximum absolute atomic E-state index is 13.3. The van der Waals surface area contributed by atoms with E-state index in [4.69, 9.17) is 19.4 Å². The molecule has 3 heterocycles. The number of hydrogen-bond donors (Lipinski definition) is 5. The predicted molar refractivity (Wildman–Crippen MR) is 206 cm³/mol. The summed E-state index contributed by atoms with van der Waals surface area (Å²) in [7, 11) is 2.11. The summed E-state index contributed by atoms with van der Waals surface area (Å²) in [4.78, 5) is 39.5. The van der Waals surface area contributed by atoms with Crippen LogP contribution in [0.3, 0.4) is 0 Å². The first-order valence-corrected chi connectivity index (χ1v) is 19.4. The van der Waals surface area contributed by atoms with Crippen LogP contribution in [0.2, 0.25) is 0 Å². The Morgan fingerprint density at radius 1 is 0.981 bits per heavy atom. The number of esters is 1. The van der Waals surface area contributed by atoms with E-state index < -0.39 is 17.7 Å². The van der Waals surface area contributed by atoms with Crippen molar-refractivity contribution in [2.75, 3.05) is 20.2 Å². The Morgan fingerprint density at radius 3 is 2.26 bits per heavy atom. The fourth-order valence-corrected chi connectivity index (χ4v) is 8.46. The number of fused-ring (bicyclic) bond motifs is 1. The van der Waals surface area contributed by atoms with Gasteiger partial charge in [0.25, 0.3) is 6.47 Å². The number of pyridine rings is 1. The molecule has 0 unspecified atom stereocenters. The third-order valence-corrected chi connectivity index (χ3v) is 11.6. The van der Waals surface area contributed by atoms with Gasteiger partial charge >= 0.3 is 5.97 Å². The number of ether oxygens (including phenoxy) is 2. The molecule has 53 heavy (non-hydrogen) atoms. The number of hydrogen-bond acceptors (Lipinski definition) is 11. The first-order chi connectivity index (χ1) is 25.6. The van der Waals surface area contributed by atoms with Gasteiger partial charge < -0.3 is 39.8 Å². The fraction of sp³-hybridized carbons (Fsp3) is 0.375. The molecule has 5 aromatic rings. The molecule has 13 heteroatoms. The standard InChI is InChI=1S/C39H44N2O7S2.CH2O2/c1-41(27-12-16-29(17-13-27)48-38(45)39(46,34-8-4-24-49-34)35-9-5-25-50-35)22-23-47-28-14-10-26(11-15-28)6-2-3-7-32(42)30-18-20-33(43)37-31(30)19-21-36(44)40-37;2-1-3/h4-5,8-11,14-15,18-21,24-25,27,29,32,42-43,46H,2-3,6-7,12-13,16-17,22-23H2,1H3,(H,40,44);1H,(H,2,3)/t27?,29?,32-;/m0./s1. The molecule has 0 bridgehead atoms. The van der Waals surface area contributed by atoms with Gasteiger partial charge in [0, 0.05) is 24.0 Å². The highest BCUT2D eigenvalue weighted by Gasteiger charge is 2.45. The quantitative estimate of drug-likeness (QED) is 0.0445. The Hall–Kier alpha value is -4.53. The number of aliphatic hydroxyl groups is 2. The van der Waals surface area contributed by atoms with Crippen LogP contribution < -0.4 is 10.3 Å². The van der Waals surface area contributed by atoms with Gasteiger partial charge in [0.1, 0.15) is 24.2 Å². The average molecular weight is 763 g/mol. The van der Waals surface area contributed by atoms with Crippen molar-refractivity contribution >= 4 is 46.0 Å². The number of aromatic amines is 1. The van der Waals surface area contributed by atoms with Crippen LogP contribution in [0.1, 0.15) is 71.9 Å². The van der Waals surface area contributed by atoms with E-state index in [0.717, 1.165) is 57.2 Å². The van der Waals surface area contributed by atoms with Gasteiger partial charge in [0.2, 0.25) is 11.2 Å². The van der Waals surface area contributed by atoms with Crippen LogP contribution in [0, 0.1) is 0 Å². The van der Waals surface area contributed by atoms with Gasteiger partial charge in [-0.2, -0.15) is 0 Å². The lowest BCUT2D eigenvalue weighted by Gasteiger charge is -2.35. The Labute approximate surface area is 316 Å². The molecule has 2 aromatic carbocycles. The second-order valence-corrected chi connectivity index (χ2v) is 15.0. The number of thiophene rings is 2. The number of aliphatic hydroxyl groups excluding tert-OH is 1. The third-order valence-electron chi connectivity index (χ3n) is 9.69. The molecule has 3 aromatic heterocycles. The summed E-state index contributed by atoms with van der Waals surface area (Å²) in [5.41, 5.74) is 0.185. The van der Waals surface area contributed by atoms with E-state index in [2.05, 4.69) is 29.1 Å². The number of phenols is 1. The van der Waals surface area contributed by atoms with Crippen molar-refractivity contribution in [2.45, 2.75) is 75.2 Å². The van der Waals surface area contributed by atoms with Gasteiger partial charge in [0.05, 0.1) is 21.4 Å². The number of carbonyl (C=O) groups excluding carboxylic acids is 1. The first-order valence-electron chi connectivity index (χ1n) is 17.7. The lowest BCUT2D eigenvalue weighted by molar-refractivity contribution is -0.169. The number of aryl methyl sites for hydroxylation is 1. The zero-order valence-electron chi connectivity index (χ0n) is 29.6. The normalized spacial score (nSPS) is 16.5. The zero-order valence-corrected chi connectivity index (χ0v) is 31.2. The largest absolute Gasteiger partial charge is 0.506 e. The van der Waals surface area contributed by atoms with Crippen LogP contribution in [-0.2, 0) is 26.3 Å². The van der Waals surface area contributed by atoms with Crippen molar-refractivity contribution in [1.29, 1.82) is 0 Å². The molecule has 1 atom stereocenters. The second kappa shape index (κ2) is 19.0. The molecule has 1 aliphatic carbocycles. The van der Waals surface area contributed by atoms with E-state index in [1.54, 1.807) is 24.3 Å². The van der Waals surface area contributed by atoms with Crippen molar-refractivity contribution < 1.29 is 39.5 Å². The summed E-state index contributed by atoms with van der Waals surface area (Å²) in [5.74, 6) is 0.218. The molecular formula is C40H46N2O9S2. The summed E-state index contributed by atoms with van der Waals surface area (Å²) < 4.78 is 12.0. The molecule has 11 nitrogen and oxygen atoms in total. The average Bonchev–Trinajstić information content (AvgIpc) is 3.91. The molecule has 0 radical (unpaired) electrons. The molecule has 1 saturated carbocycles. The summed E-state index contributed by atoms with van der Waals surface area (Å²) in [6.07, 6.45) is 5.62. The Balaban J connectivity index is 0.00000175. The number of carbonyl (C=O) groups is 2. The van der Waals surface area contributed by atoms with Crippen molar-refractivity contribution in [3.63, 3.8) is 0 Å². The molecule has 0 saturated heterocycles. The Kier molecular flexibility index (Phi) is 14.2. The van der Waals surface area contributed by atoms with Gasteiger partial charge in [-0.15, -0.1) is 22.7 Å². The number of aromatic nitrogens is 1. The molecule has 6 rings (SSSR count). The third kappa shape index (κ3) is 10.1. The Morgan fingerprint density at radius 2 is 1.64 bits per heavy atom. The topological polar surface area (TPSA) is 170 Å². The van der Waals surface area contributed by atoms with E-state index in [0.29, 0.717) is 45.3 Å². The van der Waals surface area contributed by atoms with Crippen LogP contribution in [0.5, 0.6) is 11.5 Å². The number of nitrogens with zero attached hydrogens (tertiary/aromatic N) is 1. The minimum atomic E-state index is -1.77. The fourth-order valence-electron chi connectivity index (χ4n) is 6.75. The van der Waals surface area contributed by atoms with Crippen molar-refractivity contribution in [3.8, 4) is 11.5 Å². The highest BCUT2D eigenvalue weighted by Crippen LogP contribution is 2.38. The molecule has 0 spiro atoms. The number of H-pyrrole nitrogens is 1. The van der Waals surface area contributed by atoms with Gasteiger partial charge in [0.15, 0.2) is 0 Å². The number of nitrogens with one attached hydrogen (secondary N) is 1. The van der Waals surface area contributed by atoms with E-state index in [1.807, 2.05) is 35.0 Å². The summed E-state index contributed by atoms with van der Waals surface area (Å²) in [6.45, 7) is 1.10. The van der Waals surface area contributed by atoms with Crippen molar-refractivity contribution in [1.82, 2.24) is 9.88 Å². The molecule has 1 aliphatic rings. The van der Waals surface area contributed by atoms with Gasteiger partial charge in [-0.25, -0.2) is 4.79 Å². The monoisotopic (exact) mass is 762 g/mol. The van der Waals surface area contributed by atoms with Crippen LogP contribution in [-0.4, -0.2) is 75.1 Å². The van der Waals surface area contributed by atoms with Gasteiger partial charge in [-0.3, -0.25) is 9.59 Å². The highest BCUT2D eigenvalue weighted by atomic mass is 32.1. The molecule has 0 aliphatic heterocycles. The zero-order chi connectivity index (χ0) is 37.8. The lowest BCUT2D eigenvalue weighted by Crippen LogP contribution is -2.42. The number of rotatable bonds is 15. The minimum absolute atomic E-state index is 0.0108. The highest BCUT2D eigenvalue weighted by molar-refractivity contribution is 7.12. The van der Waals surface area contributed by atoms with E-state index in [-0.39, 0.29) is 23.9 Å². The molecule has 5 N–H and O–H groups in total. The summed E-state index contributed by atoms with van der Waals surface area (Å²) in [5, 5.41) is 43.7. The van der Waals surface area contributed by atoms with E-state index in [9.17, 15) is 24.9 Å². The van der Waals surface area contributed by atoms with Gasteiger partial charge in [-0.1, -0.05) is 36.8 Å². The van der Waals surface area contributed by atoms with Crippen molar-refractivity contribution in [3.05, 3.63) is 115 Å². The predicted octanol–water partition coefficient (Wildman–Crippen LogP) is 6.61. The summed E-state index contributed by atoms with van der Waals surface area (Å²) in [6, 6.07) is 22.0. The van der Waals surface area contributed by atoms with Crippen LogP contribution in [0.25, 0.3) is 10.9 Å². The number of likely N-dealkylation sites (N-methyl/N-ethyl adjacent to an activating group) is 1. The lowest BCUT2D eigenvalue weighted by atomic mass is 9.91. The SMILES string of the molecule is CN(CCOc1ccc(CCCC[C@H](O)c2ccc(O)c3[nH]c(=O)ccc23)cc1)C1CCC(OC(=O)C(O)(c2cccs2)c2cccs2)CC1.O=CO. The number of aromatic hydroxyl groups is 1. The van der Waals surface area contributed by atoms with E-state index >= 15 is 0 Å². The maximum atomic E-state index is 13.3. The Bertz CT molecular complexity index is 1900. The molecular weight excluding hydrogens is 717 g/mol. The smallest absolute Gasteiger partial charge is 0.349 e. The van der Waals surface area contributed by atoms with Crippen molar-refractivity contribution in [2.24, 2.45) is 0 Å². The van der Waals surface area contributed by atoms with Gasteiger partial charge in [-0.05, 0) is 110 Å². The number of phenolic OH excluding ortho intramolecular Hbond substituents is 1. The minimum Gasteiger partial charge on any atom is -0.506 e. The molecule has 0 amide bonds. The summed E-state index contributed by atoms with van der Waals surface area (Å²) >= 11 is 2.70. The number of benzene rings is 2. The first kappa shape index (κ1) is 39.7. The van der Waals surface area contributed by atoms with E-state index in [1.165, 1.54) is 40.4 Å². The van der Waals surface area contributed by atoms with Crippen LogP contribution in [0.4, 0.5) is 0 Å². The maximum Gasteiger partial charge on any atom is 0.349 e. The number of carboxylic acid groups (broad SMARTS) is 1. The van der Waals surface area contributed by atoms with Crippen LogP contribution >= 0.6 is 22.7 Å².